The van der Waals surface area contributed by atoms with Gasteiger partial charge < -0.3 is 19.5 Å². The zero-order valence-electron chi connectivity index (χ0n) is 18.3. The van der Waals surface area contributed by atoms with Crippen LogP contribution in [0.1, 0.15) is 28.9 Å². The molecule has 0 spiro atoms. The Morgan fingerprint density at radius 2 is 1.70 bits per heavy atom. The van der Waals surface area contributed by atoms with Crippen LogP contribution in [0.15, 0.2) is 67.0 Å². The second-order valence-electron chi connectivity index (χ2n) is 7.25. The molecule has 8 heteroatoms. The molecule has 4 rings (SSSR count). The number of hydrogen-bond acceptors (Lipinski definition) is 7. The first kappa shape index (κ1) is 22.4. The molecule has 1 atom stereocenters. The van der Waals surface area contributed by atoms with Crippen LogP contribution in [0.2, 0.25) is 5.02 Å². The number of methoxy groups -OCH3 is 2. The van der Waals surface area contributed by atoms with Crippen LogP contribution in [0.3, 0.4) is 0 Å². The first-order valence-electron chi connectivity index (χ1n) is 10.2. The van der Waals surface area contributed by atoms with E-state index in [0.29, 0.717) is 33.8 Å². The van der Waals surface area contributed by atoms with Gasteiger partial charge in [-0.1, -0.05) is 23.7 Å². The number of rotatable bonds is 7. The smallest absolute Gasteiger partial charge is 0.337 e. The third-order valence-electron chi connectivity index (χ3n) is 5.16. The van der Waals surface area contributed by atoms with Gasteiger partial charge in [-0.2, -0.15) is 0 Å². The second-order valence-corrected chi connectivity index (χ2v) is 7.69. The Hall–Kier alpha value is -3.84. The van der Waals surface area contributed by atoms with E-state index in [4.69, 9.17) is 25.8 Å². The summed E-state index contributed by atoms with van der Waals surface area (Å²) in [6, 6.07) is 16.0. The minimum atomic E-state index is -0.372. The van der Waals surface area contributed by atoms with Crippen LogP contribution in [-0.4, -0.2) is 30.2 Å². The second kappa shape index (κ2) is 9.75. The van der Waals surface area contributed by atoms with E-state index in [2.05, 4.69) is 15.3 Å². The van der Waals surface area contributed by atoms with Gasteiger partial charge in [0.1, 0.15) is 5.82 Å². The number of ether oxygens (including phenoxy) is 3. The van der Waals surface area contributed by atoms with Crippen LogP contribution in [-0.2, 0) is 4.74 Å². The van der Waals surface area contributed by atoms with Crippen molar-refractivity contribution in [3.8, 4) is 17.4 Å². The Bertz CT molecular complexity index is 1290. The van der Waals surface area contributed by atoms with Gasteiger partial charge in [-0.3, -0.25) is 0 Å². The quantitative estimate of drug-likeness (QED) is 0.334. The van der Waals surface area contributed by atoms with Gasteiger partial charge in [0.05, 0.1) is 25.2 Å². The van der Waals surface area contributed by atoms with Crippen LogP contribution >= 0.6 is 11.6 Å². The number of carbonyl (C=O) groups excluding carboxylic acids is 1. The summed E-state index contributed by atoms with van der Waals surface area (Å²) in [5, 5.41) is 5.62. The molecule has 1 N–H and O–H groups in total. The molecule has 0 amide bonds. The molecule has 0 saturated heterocycles. The SMILES string of the molecule is COC(=O)c1ccc([C@H](C)Nc2nccc3ccnc(Oc4ccc(Cl)cc4OC)c23)cc1. The summed E-state index contributed by atoms with van der Waals surface area (Å²) in [5.41, 5.74) is 1.47. The maximum absolute atomic E-state index is 11.7. The van der Waals surface area contributed by atoms with Crippen LogP contribution in [0.5, 0.6) is 17.4 Å². The van der Waals surface area contributed by atoms with Gasteiger partial charge in [-0.25, -0.2) is 14.8 Å². The molecule has 2 heterocycles. The number of carbonyl (C=O) groups is 1. The lowest BCUT2D eigenvalue weighted by molar-refractivity contribution is 0.0600. The van der Waals surface area contributed by atoms with E-state index in [1.807, 2.05) is 31.2 Å². The van der Waals surface area contributed by atoms with Crippen molar-refractivity contribution in [3.05, 3.63) is 83.1 Å². The largest absolute Gasteiger partial charge is 0.493 e. The number of nitrogens with zero attached hydrogens (tertiary/aromatic N) is 2. The van der Waals surface area contributed by atoms with E-state index in [0.717, 1.165) is 16.3 Å². The number of anilines is 1. The highest BCUT2D eigenvalue weighted by atomic mass is 35.5. The summed E-state index contributed by atoms with van der Waals surface area (Å²) in [4.78, 5) is 20.7. The van der Waals surface area contributed by atoms with Crippen LogP contribution < -0.4 is 14.8 Å². The first-order chi connectivity index (χ1) is 16.0. The third kappa shape index (κ3) is 4.83. The van der Waals surface area contributed by atoms with Gasteiger partial charge >= 0.3 is 5.97 Å². The van der Waals surface area contributed by atoms with Gasteiger partial charge in [0.25, 0.3) is 0 Å². The topological polar surface area (TPSA) is 82.6 Å². The molecule has 7 nitrogen and oxygen atoms in total. The zero-order valence-corrected chi connectivity index (χ0v) is 19.1. The summed E-state index contributed by atoms with van der Waals surface area (Å²) in [6.45, 7) is 2.01. The van der Waals surface area contributed by atoms with Crippen molar-refractivity contribution in [2.45, 2.75) is 13.0 Å². The fourth-order valence-corrected chi connectivity index (χ4v) is 3.58. The molecule has 0 aliphatic rings. The number of nitrogens with one attached hydrogen (secondary N) is 1. The Balaban J connectivity index is 1.67. The molecular weight excluding hydrogens is 442 g/mol. The number of fused-ring (bicyclic) bond motifs is 1. The summed E-state index contributed by atoms with van der Waals surface area (Å²) in [6.07, 6.45) is 3.41. The molecule has 0 aliphatic heterocycles. The number of pyridine rings is 2. The van der Waals surface area contributed by atoms with E-state index >= 15 is 0 Å². The van der Waals surface area contributed by atoms with Gasteiger partial charge in [0.15, 0.2) is 11.5 Å². The summed E-state index contributed by atoms with van der Waals surface area (Å²) in [5.74, 6) is 1.62. The van der Waals surface area contributed by atoms with Crippen molar-refractivity contribution in [3.63, 3.8) is 0 Å². The van der Waals surface area contributed by atoms with Gasteiger partial charge in [0.2, 0.25) is 5.88 Å². The Morgan fingerprint density at radius 1 is 0.970 bits per heavy atom. The number of esters is 1. The molecule has 0 radical (unpaired) electrons. The highest BCUT2D eigenvalue weighted by molar-refractivity contribution is 6.30. The lowest BCUT2D eigenvalue weighted by Gasteiger charge is -2.18. The molecule has 4 aromatic rings. The molecule has 2 aromatic heterocycles. The van der Waals surface area contributed by atoms with Gasteiger partial charge in [-0.15, -0.1) is 0 Å². The normalized spacial score (nSPS) is 11.6. The highest BCUT2D eigenvalue weighted by Crippen LogP contribution is 2.38. The zero-order chi connectivity index (χ0) is 23.4. The van der Waals surface area contributed by atoms with Gasteiger partial charge in [-0.05, 0) is 54.3 Å². The van der Waals surface area contributed by atoms with Crippen molar-refractivity contribution in [1.29, 1.82) is 0 Å². The summed E-state index contributed by atoms with van der Waals surface area (Å²) >= 11 is 6.07. The molecule has 0 aliphatic carbocycles. The Kier molecular flexibility index (Phi) is 6.60. The van der Waals surface area contributed by atoms with E-state index in [-0.39, 0.29) is 12.0 Å². The number of halogens is 1. The molecular formula is C25H22ClN3O4. The number of benzene rings is 2. The fourth-order valence-electron chi connectivity index (χ4n) is 3.42. The minimum Gasteiger partial charge on any atom is -0.493 e. The minimum absolute atomic E-state index is 0.104. The molecule has 33 heavy (non-hydrogen) atoms. The maximum atomic E-state index is 11.7. The van der Waals surface area contributed by atoms with Crippen molar-refractivity contribution >= 4 is 34.2 Å². The Morgan fingerprint density at radius 3 is 2.39 bits per heavy atom. The van der Waals surface area contributed by atoms with E-state index in [1.54, 1.807) is 49.8 Å². The molecule has 0 fully saturated rings. The Labute approximate surface area is 196 Å². The molecule has 0 bridgehead atoms. The van der Waals surface area contributed by atoms with E-state index in [1.165, 1.54) is 7.11 Å². The standard InChI is InChI=1S/C25H22ClN3O4/c1-15(16-4-6-18(7-5-16)25(30)32-3)29-23-22-17(10-12-27-23)11-13-28-24(22)33-20-9-8-19(26)14-21(20)31-2/h4-15H,1-3H3,(H,27,29)/t15-/m0/s1. The van der Waals surface area contributed by atoms with Crippen LogP contribution in [0, 0.1) is 0 Å². The average molecular weight is 464 g/mol. The van der Waals surface area contributed by atoms with Gasteiger partial charge in [0, 0.05) is 29.5 Å². The summed E-state index contributed by atoms with van der Waals surface area (Å²) < 4.78 is 16.3. The molecule has 0 saturated carbocycles. The van der Waals surface area contributed by atoms with Crippen molar-refractivity contribution in [2.24, 2.45) is 0 Å². The number of hydrogen-bond donors (Lipinski definition) is 1. The predicted octanol–water partition coefficient (Wildman–Crippen LogP) is 6.04. The average Bonchev–Trinajstić information content (AvgIpc) is 2.84. The monoisotopic (exact) mass is 463 g/mol. The molecule has 168 valence electrons. The number of aromatic nitrogens is 2. The highest BCUT2D eigenvalue weighted by Gasteiger charge is 2.16. The van der Waals surface area contributed by atoms with Crippen molar-refractivity contribution in [2.75, 3.05) is 19.5 Å². The first-order valence-corrected chi connectivity index (χ1v) is 10.6. The van der Waals surface area contributed by atoms with Crippen LogP contribution in [0.25, 0.3) is 10.8 Å². The molecule has 0 unspecified atom stereocenters. The predicted molar refractivity (Wildman–Crippen MR) is 127 cm³/mol. The van der Waals surface area contributed by atoms with E-state index in [9.17, 15) is 4.79 Å². The van der Waals surface area contributed by atoms with Crippen LogP contribution in [0.4, 0.5) is 5.82 Å². The van der Waals surface area contributed by atoms with Crippen molar-refractivity contribution in [1.82, 2.24) is 9.97 Å². The third-order valence-corrected chi connectivity index (χ3v) is 5.40. The lowest BCUT2D eigenvalue weighted by Crippen LogP contribution is -2.09. The van der Waals surface area contributed by atoms with Crippen molar-refractivity contribution < 1.29 is 19.0 Å². The lowest BCUT2D eigenvalue weighted by atomic mass is 10.1. The van der Waals surface area contributed by atoms with E-state index < -0.39 is 0 Å². The molecule has 2 aromatic carbocycles. The fraction of sp³-hybridized carbons (Fsp3) is 0.160. The summed E-state index contributed by atoms with van der Waals surface area (Å²) in [7, 11) is 2.91. The maximum Gasteiger partial charge on any atom is 0.337 e.